The molecule has 18 heavy (non-hydrogen) atoms. The minimum Gasteiger partial charge on any atom is -0.328 e. The number of aromatic nitrogens is 4. The van der Waals surface area contributed by atoms with Gasteiger partial charge >= 0.3 is 0 Å². The van der Waals surface area contributed by atoms with Crippen molar-refractivity contribution in [3.63, 3.8) is 0 Å². The molecule has 92 valence electrons. The summed E-state index contributed by atoms with van der Waals surface area (Å²) in [5, 5.41) is 3.36. The third-order valence-electron chi connectivity index (χ3n) is 2.94. The van der Waals surface area contributed by atoms with Gasteiger partial charge in [0.2, 0.25) is 5.95 Å². The van der Waals surface area contributed by atoms with Crippen LogP contribution in [0.15, 0.2) is 36.9 Å². The molecule has 0 radical (unpaired) electrons. The lowest BCUT2D eigenvalue weighted by atomic mass is 10.2. The van der Waals surface area contributed by atoms with E-state index in [0.29, 0.717) is 0 Å². The van der Waals surface area contributed by atoms with E-state index in [-0.39, 0.29) is 6.04 Å². The van der Waals surface area contributed by atoms with E-state index in [2.05, 4.69) is 30.2 Å². The largest absolute Gasteiger partial charge is 0.328 e. The maximum Gasteiger partial charge on any atom is 0.225 e. The highest BCUT2D eigenvalue weighted by molar-refractivity contribution is 5.33. The molecule has 3 heterocycles. The monoisotopic (exact) mass is 242 g/mol. The minimum atomic E-state index is 0.0855. The molecule has 3 rings (SSSR count). The van der Waals surface area contributed by atoms with Crippen molar-refractivity contribution in [2.45, 2.75) is 6.04 Å². The summed E-state index contributed by atoms with van der Waals surface area (Å²) in [6, 6.07) is 3.73. The molecular weight excluding hydrogens is 228 g/mol. The molecule has 6 heteroatoms. The zero-order valence-corrected chi connectivity index (χ0v) is 9.90. The van der Waals surface area contributed by atoms with E-state index in [1.165, 1.54) is 0 Å². The summed E-state index contributed by atoms with van der Waals surface area (Å²) in [4.78, 5) is 19.4. The van der Waals surface area contributed by atoms with Gasteiger partial charge in [-0.15, -0.1) is 0 Å². The van der Waals surface area contributed by atoms with Gasteiger partial charge in [0, 0.05) is 44.4 Å². The average Bonchev–Trinajstić information content (AvgIpc) is 2.49. The molecule has 6 nitrogen and oxygen atoms in total. The van der Waals surface area contributed by atoms with Gasteiger partial charge in [-0.05, 0) is 12.1 Å². The van der Waals surface area contributed by atoms with Gasteiger partial charge in [0.05, 0.1) is 0 Å². The summed E-state index contributed by atoms with van der Waals surface area (Å²) < 4.78 is 0. The molecule has 2 aromatic heterocycles. The Morgan fingerprint density at radius 2 is 1.67 bits per heavy atom. The lowest BCUT2D eigenvalue weighted by molar-refractivity contribution is 0.465. The fraction of sp³-hybridized carbons (Fsp3) is 0.333. The van der Waals surface area contributed by atoms with Gasteiger partial charge in [0.25, 0.3) is 0 Å². The highest BCUT2D eigenvalue weighted by Crippen LogP contribution is 2.22. The fourth-order valence-corrected chi connectivity index (χ4v) is 2.10. The van der Waals surface area contributed by atoms with Crippen LogP contribution in [0.2, 0.25) is 0 Å². The predicted octanol–water partition coefficient (Wildman–Crippen LogP) is 0.417. The summed E-state index contributed by atoms with van der Waals surface area (Å²) in [7, 11) is 0. The van der Waals surface area contributed by atoms with Gasteiger partial charge in [-0.1, -0.05) is 0 Å². The topological polar surface area (TPSA) is 66.8 Å². The maximum atomic E-state index is 4.33. The lowest BCUT2D eigenvalue weighted by Gasteiger charge is -2.34. The normalized spacial score (nSPS) is 19.8. The van der Waals surface area contributed by atoms with Crippen LogP contribution in [-0.4, -0.2) is 39.6 Å². The highest BCUT2D eigenvalue weighted by atomic mass is 15.3. The first-order chi connectivity index (χ1) is 8.95. The van der Waals surface area contributed by atoms with Gasteiger partial charge in [0.15, 0.2) is 5.82 Å². The first-order valence-corrected chi connectivity index (χ1v) is 5.96. The highest BCUT2D eigenvalue weighted by Gasteiger charge is 2.27. The summed E-state index contributed by atoms with van der Waals surface area (Å²) in [6.45, 7) is 2.58. The molecule has 0 spiro atoms. The van der Waals surface area contributed by atoms with E-state index >= 15 is 0 Å². The van der Waals surface area contributed by atoms with Gasteiger partial charge in [-0.25, -0.2) is 19.9 Å². The smallest absolute Gasteiger partial charge is 0.225 e. The summed E-state index contributed by atoms with van der Waals surface area (Å²) in [6.07, 6.45) is 7.04. The van der Waals surface area contributed by atoms with Gasteiger partial charge in [-0.3, -0.25) is 0 Å². The van der Waals surface area contributed by atoms with Crippen molar-refractivity contribution in [1.29, 1.82) is 0 Å². The van der Waals surface area contributed by atoms with E-state index in [1.807, 2.05) is 12.1 Å². The second-order valence-electron chi connectivity index (χ2n) is 4.07. The van der Waals surface area contributed by atoms with E-state index in [9.17, 15) is 0 Å². The number of anilines is 1. The van der Waals surface area contributed by atoms with Crippen LogP contribution in [0.4, 0.5) is 5.95 Å². The molecular formula is C12H14N6. The van der Waals surface area contributed by atoms with Crippen molar-refractivity contribution in [3.8, 4) is 0 Å². The van der Waals surface area contributed by atoms with Gasteiger partial charge in [0.1, 0.15) is 6.04 Å². The Kier molecular flexibility index (Phi) is 3.10. The Bertz CT molecular complexity index is 441. The van der Waals surface area contributed by atoms with Crippen LogP contribution in [0.25, 0.3) is 0 Å². The molecule has 1 aliphatic heterocycles. The second kappa shape index (κ2) is 5.05. The van der Waals surface area contributed by atoms with E-state index in [1.54, 1.807) is 24.8 Å². The Morgan fingerprint density at radius 3 is 2.39 bits per heavy atom. The number of piperazine rings is 1. The van der Waals surface area contributed by atoms with Crippen molar-refractivity contribution < 1.29 is 0 Å². The SMILES string of the molecule is c1cnc(C2CNCCN2c2ncccn2)nc1. The Balaban J connectivity index is 1.92. The Hall–Kier alpha value is -2.08. The minimum absolute atomic E-state index is 0.0855. The van der Waals surface area contributed by atoms with Gasteiger partial charge < -0.3 is 10.2 Å². The zero-order valence-electron chi connectivity index (χ0n) is 9.90. The zero-order chi connectivity index (χ0) is 12.2. The molecule has 1 saturated heterocycles. The Labute approximate surface area is 105 Å². The molecule has 1 fully saturated rings. The van der Waals surface area contributed by atoms with Crippen LogP contribution < -0.4 is 10.2 Å². The third-order valence-corrected chi connectivity index (χ3v) is 2.94. The standard InChI is InChI=1S/C12H14N6/c1-3-14-11(15-4-1)10-9-13-7-8-18(10)12-16-5-2-6-17-12/h1-6,10,13H,7-9H2. The Morgan fingerprint density at radius 1 is 1.00 bits per heavy atom. The molecule has 0 bridgehead atoms. The fourth-order valence-electron chi connectivity index (χ4n) is 2.10. The number of hydrogen-bond donors (Lipinski definition) is 1. The molecule has 0 amide bonds. The number of rotatable bonds is 2. The average molecular weight is 242 g/mol. The lowest BCUT2D eigenvalue weighted by Crippen LogP contribution is -2.47. The summed E-state index contributed by atoms with van der Waals surface area (Å²) in [5.41, 5.74) is 0. The molecule has 0 aromatic carbocycles. The molecule has 1 unspecified atom stereocenters. The molecule has 1 N–H and O–H groups in total. The first kappa shape index (κ1) is 11.0. The predicted molar refractivity (Wildman–Crippen MR) is 67.0 cm³/mol. The van der Waals surface area contributed by atoms with Crippen LogP contribution in [0, 0.1) is 0 Å². The summed E-state index contributed by atoms with van der Waals surface area (Å²) in [5.74, 6) is 1.54. The van der Waals surface area contributed by atoms with Crippen LogP contribution in [0.3, 0.4) is 0 Å². The first-order valence-electron chi connectivity index (χ1n) is 5.96. The van der Waals surface area contributed by atoms with Crippen molar-refractivity contribution in [2.75, 3.05) is 24.5 Å². The maximum absolute atomic E-state index is 4.33. The number of nitrogens with one attached hydrogen (secondary N) is 1. The molecule has 1 atom stereocenters. The van der Waals surface area contributed by atoms with E-state index < -0.39 is 0 Å². The second-order valence-corrected chi connectivity index (χ2v) is 4.07. The van der Waals surface area contributed by atoms with Crippen LogP contribution in [0.5, 0.6) is 0 Å². The van der Waals surface area contributed by atoms with Crippen LogP contribution in [0.1, 0.15) is 11.9 Å². The number of hydrogen-bond acceptors (Lipinski definition) is 6. The number of nitrogens with zero attached hydrogens (tertiary/aromatic N) is 5. The summed E-state index contributed by atoms with van der Waals surface area (Å²) >= 11 is 0. The quantitative estimate of drug-likeness (QED) is 0.823. The van der Waals surface area contributed by atoms with Crippen LogP contribution in [-0.2, 0) is 0 Å². The molecule has 0 saturated carbocycles. The van der Waals surface area contributed by atoms with Crippen molar-refractivity contribution in [3.05, 3.63) is 42.7 Å². The van der Waals surface area contributed by atoms with Crippen molar-refractivity contribution in [2.24, 2.45) is 0 Å². The van der Waals surface area contributed by atoms with Crippen LogP contribution >= 0.6 is 0 Å². The van der Waals surface area contributed by atoms with Crippen molar-refractivity contribution >= 4 is 5.95 Å². The molecule has 0 aliphatic carbocycles. The van der Waals surface area contributed by atoms with Gasteiger partial charge in [-0.2, -0.15) is 0 Å². The molecule has 2 aromatic rings. The van der Waals surface area contributed by atoms with Crippen molar-refractivity contribution in [1.82, 2.24) is 25.3 Å². The molecule has 1 aliphatic rings. The van der Waals surface area contributed by atoms with E-state index in [0.717, 1.165) is 31.4 Å². The van der Waals surface area contributed by atoms with E-state index in [4.69, 9.17) is 0 Å². The third kappa shape index (κ3) is 2.14.